The smallest absolute Gasteiger partial charge is 0.129 e. The van der Waals surface area contributed by atoms with Crippen LogP contribution >= 0.6 is 0 Å². The van der Waals surface area contributed by atoms with Crippen LogP contribution in [0.25, 0.3) is 0 Å². The zero-order valence-corrected chi connectivity index (χ0v) is 10.8. The third-order valence-electron chi connectivity index (χ3n) is 3.65. The minimum absolute atomic E-state index is 0.343. The minimum atomic E-state index is -0.780. The quantitative estimate of drug-likeness (QED) is 0.834. The number of aliphatic hydroxyl groups excluding tert-OH is 1. The third-order valence-corrected chi connectivity index (χ3v) is 3.65. The summed E-state index contributed by atoms with van der Waals surface area (Å²) in [5, 5.41) is 13.1. The van der Waals surface area contributed by atoms with Gasteiger partial charge in [-0.1, -0.05) is 18.2 Å². The molecular weight excluding hydrogens is 231 g/mol. The molecule has 0 saturated carbocycles. The standard InChI is InChI=1S/C14H21FN2O/c1-17-8-4-5-11(17)9-16-10-14(18)12-6-2-3-7-13(12)15/h2-3,6-7,11,14,16,18H,4-5,8-10H2,1H3. The highest BCUT2D eigenvalue weighted by Crippen LogP contribution is 2.16. The number of likely N-dealkylation sites (N-methyl/N-ethyl adjacent to an activating group) is 1. The van der Waals surface area contributed by atoms with E-state index < -0.39 is 6.10 Å². The normalized spacial score (nSPS) is 22.3. The van der Waals surface area contributed by atoms with Crippen molar-refractivity contribution in [3.8, 4) is 0 Å². The van der Waals surface area contributed by atoms with Gasteiger partial charge in [-0.3, -0.25) is 0 Å². The van der Waals surface area contributed by atoms with Crippen LogP contribution in [0.15, 0.2) is 24.3 Å². The van der Waals surface area contributed by atoms with Crippen molar-refractivity contribution in [2.24, 2.45) is 0 Å². The molecule has 0 aromatic heterocycles. The molecule has 0 radical (unpaired) electrons. The van der Waals surface area contributed by atoms with E-state index in [2.05, 4.69) is 17.3 Å². The second-order valence-electron chi connectivity index (χ2n) is 4.97. The number of hydrogen-bond acceptors (Lipinski definition) is 3. The van der Waals surface area contributed by atoms with Gasteiger partial charge in [0.2, 0.25) is 0 Å². The lowest BCUT2D eigenvalue weighted by Crippen LogP contribution is -2.37. The maximum atomic E-state index is 13.4. The van der Waals surface area contributed by atoms with Crippen molar-refractivity contribution in [3.63, 3.8) is 0 Å². The van der Waals surface area contributed by atoms with E-state index in [9.17, 15) is 9.50 Å². The van der Waals surface area contributed by atoms with Crippen LogP contribution in [0.3, 0.4) is 0 Å². The fourth-order valence-corrected chi connectivity index (χ4v) is 2.48. The molecule has 1 saturated heterocycles. The lowest BCUT2D eigenvalue weighted by Gasteiger charge is -2.21. The van der Waals surface area contributed by atoms with Crippen LogP contribution in [-0.4, -0.2) is 42.7 Å². The summed E-state index contributed by atoms with van der Waals surface area (Å²) in [6, 6.07) is 6.92. The van der Waals surface area contributed by atoms with E-state index >= 15 is 0 Å². The summed E-state index contributed by atoms with van der Waals surface area (Å²) in [6.07, 6.45) is 1.65. The van der Waals surface area contributed by atoms with E-state index in [0.29, 0.717) is 18.2 Å². The van der Waals surface area contributed by atoms with Gasteiger partial charge in [0.15, 0.2) is 0 Å². The lowest BCUT2D eigenvalue weighted by atomic mass is 10.1. The van der Waals surface area contributed by atoms with Crippen LogP contribution in [0, 0.1) is 5.82 Å². The van der Waals surface area contributed by atoms with Crippen molar-refractivity contribution in [1.29, 1.82) is 0 Å². The predicted molar refractivity (Wildman–Crippen MR) is 69.9 cm³/mol. The molecule has 1 aliphatic heterocycles. The van der Waals surface area contributed by atoms with Crippen molar-refractivity contribution < 1.29 is 9.50 Å². The summed E-state index contributed by atoms with van der Waals surface area (Å²) in [5.41, 5.74) is 0.366. The lowest BCUT2D eigenvalue weighted by molar-refractivity contribution is 0.166. The molecule has 2 rings (SSSR count). The van der Waals surface area contributed by atoms with Crippen LogP contribution in [0.4, 0.5) is 4.39 Å². The Balaban J connectivity index is 1.78. The first-order chi connectivity index (χ1) is 8.68. The highest BCUT2D eigenvalue weighted by Gasteiger charge is 2.20. The Morgan fingerprint density at radius 3 is 2.94 bits per heavy atom. The fourth-order valence-electron chi connectivity index (χ4n) is 2.48. The van der Waals surface area contributed by atoms with Gasteiger partial charge in [0.05, 0.1) is 6.10 Å². The van der Waals surface area contributed by atoms with Crippen LogP contribution in [0.5, 0.6) is 0 Å². The van der Waals surface area contributed by atoms with Gasteiger partial charge in [-0.25, -0.2) is 4.39 Å². The van der Waals surface area contributed by atoms with Crippen LogP contribution < -0.4 is 5.32 Å². The largest absolute Gasteiger partial charge is 0.387 e. The van der Waals surface area contributed by atoms with Gasteiger partial charge in [-0.05, 0) is 32.5 Å². The molecule has 1 heterocycles. The number of benzene rings is 1. The van der Waals surface area contributed by atoms with Crippen molar-refractivity contribution >= 4 is 0 Å². The first kappa shape index (κ1) is 13.5. The number of halogens is 1. The topological polar surface area (TPSA) is 35.5 Å². The van der Waals surface area contributed by atoms with E-state index in [-0.39, 0.29) is 5.82 Å². The highest BCUT2D eigenvalue weighted by atomic mass is 19.1. The number of rotatable bonds is 5. The van der Waals surface area contributed by atoms with Gasteiger partial charge in [0.1, 0.15) is 5.82 Å². The summed E-state index contributed by atoms with van der Waals surface area (Å²) >= 11 is 0. The first-order valence-electron chi connectivity index (χ1n) is 6.52. The van der Waals surface area contributed by atoms with E-state index in [4.69, 9.17) is 0 Å². The second-order valence-corrected chi connectivity index (χ2v) is 4.97. The zero-order chi connectivity index (χ0) is 13.0. The molecule has 0 spiro atoms. The molecule has 0 aliphatic carbocycles. The Morgan fingerprint density at radius 1 is 1.50 bits per heavy atom. The summed E-state index contributed by atoms with van der Waals surface area (Å²) in [4.78, 5) is 2.32. The van der Waals surface area contributed by atoms with Crippen molar-refractivity contribution in [2.45, 2.75) is 25.0 Å². The number of likely N-dealkylation sites (tertiary alicyclic amines) is 1. The maximum Gasteiger partial charge on any atom is 0.129 e. The molecule has 1 aromatic rings. The molecule has 0 amide bonds. The number of nitrogens with one attached hydrogen (secondary N) is 1. The zero-order valence-electron chi connectivity index (χ0n) is 10.8. The maximum absolute atomic E-state index is 13.4. The van der Waals surface area contributed by atoms with Crippen LogP contribution in [0.1, 0.15) is 24.5 Å². The molecule has 4 heteroatoms. The van der Waals surface area contributed by atoms with Gasteiger partial charge < -0.3 is 15.3 Å². The number of hydrogen-bond donors (Lipinski definition) is 2. The Kier molecular flexibility index (Phi) is 4.69. The summed E-state index contributed by atoms with van der Waals surface area (Å²) in [6.45, 7) is 2.38. The number of aliphatic hydroxyl groups is 1. The van der Waals surface area contributed by atoms with E-state index in [1.165, 1.54) is 18.9 Å². The Hall–Kier alpha value is -0.970. The van der Waals surface area contributed by atoms with E-state index in [0.717, 1.165) is 13.1 Å². The molecule has 1 fully saturated rings. The third kappa shape index (κ3) is 3.28. The van der Waals surface area contributed by atoms with Crippen molar-refractivity contribution in [3.05, 3.63) is 35.6 Å². The molecule has 1 aliphatic rings. The van der Waals surface area contributed by atoms with Gasteiger partial charge in [0.25, 0.3) is 0 Å². The average Bonchev–Trinajstić information content (AvgIpc) is 2.75. The molecule has 2 N–H and O–H groups in total. The highest BCUT2D eigenvalue weighted by molar-refractivity contribution is 5.19. The van der Waals surface area contributed by atoms with Crippen LogP contribution in [0.2, 0.25) is 0 Å². The Morgan fingerprint density at radius 2 is 2.28 bits per heavy atom. The molecule has 100 valence electrons. The Labute approximate surface area is 108 Å². The molecular formula is C14H21FN2O. The van der Waals surface area contributed by atoms with Crippen molar-refractivity contribution in [1.82, 2.24) is 10.2 Å². The first-order valence-corrected chi connectivity index (χ1v) is 6.52. The van der Waals surface area contributed by atoms with Crippen LogP contribution in [-0.2, 0) is 0 Å². The second kappa shape index (κ2) is 6.27. The fraction of sp³-hybridized carbons (Fsp3) is 0.571. The Bertz CT molecular complexity index is 386. The minimum Gasteiger partial charge on any atom is -0.387 e. The van der Waals surface area contributed by atoms with Gasteiger partial charge in [-0.15, -0.1) is 0 Å². The SMILES string of the molecule is CN1CCCC1CNCC(O)c1ccccc1F. The van der Waals surface area contributed by atoms with E-state index in [1.54, 1.807) is 18.2 Å². The molecule has 2 unspecified atom stereocenters. The molecule has 18 heavy (non-hydrogen) atoms. The summed E-state index contributed by atoms with van der Waals surface area (Å²) < 4.78 is 13.4. The van der Waals surface area contributed by atoms with Gasteiger partial charge >= 0.3 is 0 Å². The predicted octanol–water partition coefficient (Wildman–Crippen LogP) is 1.54. The van der Waals surface area contributed by atoms with Crippen molar-refractivity contribution in [2.75, 3.05) is 26.7 Å². The summed E-state index contributed by atoms with van der Waals surface area (Å²) in [7, 11) is 2.12. The van der Waals surface area contributed by atoms with Gasteiger partial charge in [0, 0.05) is 24.7 Å². The summed E-state index contributed by atoms with van der Waals surface area (Å²) in [5.74, 6) is -0.343. The molecule has 0 bridgehead atoms. The van der Waals surface area contributed by atoms with Gasteiger partial charge in [-0.2, -0.15) is 0 Å². The monoisotopic (exact) mass is 252 g/mol. The van der Waals surface area contributed by atoms with E-state index in [1.807, 2.05) is 0 Å². The average molecular weight is 252 g/mol. The number of nitrogens with zero attached hydrogens (tertiary/aromatic N) is 1. The molecule has 1 aromatic carbocycles. The molecule has 2 atom stereocenters. The molecule has 3 nitrogen and oxygen atoms in total.